The fraction of sp³-hybridized carbons (Fsp3) is 0.920. The highest BCUT2D eigenvalue weighted by Gasteiger charge is 2.49. The number of carbonyl (C=O) groups excluding carboxylic acids is 2. The smallest absolute Gasteiger partial charge is 0.255 e. The van der Waals surface area contributed by atoms with Crippen LogP contribution in [0.5, 0.6) is 0 Å². The van der Waals surface area contributed by atoms with Crippen LogP contribution < -0.4 is 31.9 Å². The highest BCUT2D eigenvalue weighted by molar-refractivity contribution is 8.00. The Labute approximate surface area is 243 Å². The Kier molecular flexibility index (Phi) is 10.1. The Morgan fingerprint density at radius 3 is 2.52 bits per heavy atom. The number of likely N-dealkylation sites (tertiary alicyclic amines) is 1. The van der Waals surface area contributed by atoms with E-state index in [1.165, 1.54) is 7.11 Å². The molecule has 0 bridgehead atoms. The molecule has 5 saturated heterocycles. The second kappa shape index (κ2) is 13.2. The number of halogens is 3. The topological polar surface area (TPSA) is 128 Å². The average molecular weight is 610 g/mol. The third-order valence-electron chi connectivity index (χ3n) is 9.13. The molecular weight excluding hydrogens is 568 g/mol. The number of piperazine rings is 1. The maximum Gasteiger partial charge on any atom is 0.255 e. The molecule has 0 aliphatic carbocycles. The third-order valence-corrected chi connectivity index (χ3v) is 10.8. The molecule has 2 amide bonds. The Bertz CT molecular complexity index is 901. The van der Waals surface area contributed by atoms with Crippen molar-refractivity contribution in [2.75, 3.05) is 46.9 Å². The quantitative estimate of drug-likeness (QED) is 0.163. The Morgan fingerprint density at radius 1 is 1.02 bits per heavy atom. The lowest BCUT2D eigenvalue weighted by Crippen LogP contribution is -2.68. The number of ether oxygens (including phenoxy) is 2. The van der Waals surface area contributed by atoms with Crippen molar-refractivity contribution in [1.82, 2.24) is 36.8 Å². The molecule has 0 radical (unpaired) electrons. The molecule has 5 aliphatic heterocycles. The predicted molar refractivity (Wildman–Crippen MR) is 148 cm³/mol. The van der Waals surface area contributed by atoms with E-state index in [-0.39, 0.29) is 64.5 Å². The summed E-state index contributed by atoms with van der Waals surface area (Å²) >= 11 is 8.03. The molecule has 12 unspecified atom stereocenters. The van der Waals surface area contributed by atoms with Crippen molar-refractivity contribution in [2.45, 2.75) is 78.9 Å². The van der Waals surface area contributed by atoms with Gasteiger partial charge in [0.05, 0.1) is 23.6 Å². The van der Waals surface area contributed by atoms with Crippen molar-refractivity contribution < 1.29 is 27.8 Å². The Morgan fingerprint density at radius 2 is 1.82 bits per heavy atom. The fourth-order valence-corrected chi connectivity index (χ4v) is 8.68. The van der Waals surface area contributed by atoms with Crippen molar-refractivity contribution in [1.29, 1.82) is 0 Å². The maximum absolute atomic E-state index is 13.6. The zero-order chi connectivity index (χ0) is 28.6. The number of nitrogens with one attached hydrogen (secondary N) is 6. The van der Waals surface area contributed by atoms with Crippen molar-refractivity contribution in [3.63, 3.8) is 0 Å². The normalized spacial score (nSPS) is 44.0. The first-order valence-corrected chi connectivity index (χ1v) is 15.5. The van der Waals surface area contributed by atoms with Gasteiger partial charge in [-0.1, -0.05) is 0 Å². The summed E-state index contributed by atoms with van der Waals surface area (Å²) in [5, 5.41) is 19.1. The van der Waals surface area contributed by atoms with E-state index >= 15 is 0 Å². The van der Waals surface area contributed by atoms with E-state index in [0.717, 1.165) is 12.8 Å². The first-order chi connectivity index (χ1) is 19.2. The van der Waals surface area contributed by atoms with Crippen LogP contribution in [0.2, 0.25) is 0 Å². The number of piperidine rings is 2. The summed E-state index contributed by atoms with van der Waals surface area (Å²) in [5.74, 6) is -0.278. The molecule has 5 rings (SSSR count). The minimum absolute atomic E-state index is 0.000137. The van der Waals surface area contributed by atoms with E-state index < -0.39 is 24.7 Å². The molecule has 0 saturated carbocycles. The minimum Gasteiger partial charge on any atom is -0.380 e. The number of hydrogen-bond donors (Lipinski definition) is 6. The van der Waals surface area contributed by atoms with Crippen LogP contribution in [0.4, 0.5) is 8.78 Å². The maximum atomic E-state index is 13.6. The van der Waals surface area contributed by atoms with Crippen LogP contribution in [0, 0.1) is 17.8 Å². The molecule has 11 nitrogen and oxygen atoms in total. The highest BCUT2D eigenvalue weighted by Crippen LogP contribution is 2.38. The molecule has 15 heteroatoms. The standard InChI is InChI=1S/C25H42ClF2N7O4S/c1-11-4-12(13-5-18(26)30-7-16(13)38-2)14(6-29-11)23(36)34-25-32-15-9-35(10-17(15)40-25)24(37)21-20(22(27)28)31-8-19(33-21)39-3/h11-22,25,29-33H,4-10H2,1-3H3,(H,34,36). The summed E-state index contributed by atoms with van der Waals surface area (Å²) in [7, 11) is 3.19. The fourth-order valence-electron chi connectivity index (χ4n) is 6.98. The summed E-state index contributed by atoms with van der Waals surface area (Å²) in [5.41, 5.74) is -0.425. The number of alkyl halides is 3. The molecule has 6 N–H and O–H groups in total. The number of nitrogens with zero attached hydrogens (tertiary/aromatic N) is 1. The van der Waals surface area contributed by atoms with Gasteiger partial charge in [0.2, 0.25) is 11.8 Å². The monoisotopic (exact) mass is 609 g/mol. The number of amides is 2. The van der Waals surface area contributed by atoms with Crippen LogP contribution in [0.1, 0.15) is 19.8 Å². The van der Waals surface area contributed by atoms with Crippen molar-refractivity contribution in [3.05, 3.63) is 0 Å². The van der Waals surface area contributed by atoms with E-state index in [0.29, 0.717) is 32.2 Å². The van der Waals surface area contributed by atoms with Gasteiger partial charge in [0.15, 0.2) is 0 Å². The first kappa shape index (κ1) is 30.6. The summed E-state index contributed by atoms with van der Waals surface area (Å²) in [4.78, 5) is 28.5. The lowest BCUT2D eigenvalue weighted by atomic mass is 9.70. The van der Waals surface area contributed by atoms with Crippen LogP contribution >= 0.6 is 23.4 Å². The molecule has 5 heterocycles. The molecule has 0 aromatic rings. The van der Waals surface area contributed by atoms with Crippen molar-refractivity contribution >= 4 is 35.2 Å². The number of thioether (sulfide) groups is 1. The zero-order valence-corrected chi connectivity index (χ0v) is 24.7. The van der Waals surface area contributed by atoms with Crippen LogP contribution in [0.15, 0.2) is 0 Å². The van der Waals surface area contributed by atoms with Crippen molar-refractivity contribution in [3.8, 4) is 0 Å². The molecule has 0 spiro atoms. The lowest BCUT2D eigenvalue weighted by Gasteiger charge is -2.45. The molecule has 228 valence electrons. The second-order valence-corrected chi connectivity index (χ2v) is 13.5. The number of hydrogen-bond acceptors (Lipinski definition) is 10. The third kappa shape index (κ3) is 6.55. The average Bonchev–Trinajstić information content (AvgIpc) is 3.51. The van der Waals surface area contributed by atoms with Gasteiger partial charge in [0.25, 0.3) is 6.43 Å². The zero-order valence-electron chi connectivity index (χ0n) is 23.1. The van der Waals surface area contributed by atoms with Crippen LogP contribution in [0.25, 0.3) is 0 Å². The summed E-state index contributed by atoms with van der Waals surface area (Å²) < 4.78 is 38.3. The van der Waals surface area contributed by atoms with Crippen LogP contribution in [0.3, 0.4) is 0 Å². The molecular formula is C25H42ClF2N7O4S. The number of rotatable bonds is 7. The van der Waals surface area contributed by atoms with Gasteiger partial charge >= 0.3 is 0 Å². The SMILES string of the molecule is COC1CNC(C(F)F)C(C(=O)N2CC3NC(NC(=O)C4CNC(C)CC4C4CC(Cl)NCC4OC)SC3C2)N1. The second-order valence-electron chi connectivity index (χ2n) is 11.6. The van der Waals surface area contributed by atoms with Gasteiger partial charge < -0.3 is 30.3 Å². The molecule has 0 aromatic heterocycles. The van der Waals surface area contributed by atoms with Gasteiger partial charge in [-0.2, -0.15) is 0 Å². The highest BCUT2D eigenvalue weighted by atomic mass is 35.5. The lowest BCUT2D eigenvalue weighted by molar-refractivity contribution is -0.138. The molecule has 12 atom stereocenters. The van der Waals surface area contributed by atoms with E-state index in [9.17, 15) is 18.4 Å². The molecule has 0 aromatic carbocycles. The number of carbonyl (C=O) groups is 2. The van der Waals surface area contributed by atoms with Gasteiger partial charge in [-0.25, -0.2) is 8.78 Å². The van der Waals surface area contributed by atoms with Gasteiger partial charge in [-0.05, 0) is 31.6 Å². The molecule has 40 heavy (non-hydrogen) atoms. The first-order valence-electron chi connectivity index (χ1n) is 14.1. The molecule has 5 fully saturated rings. The predicted octanol–water partition coefficient (Wildman–Crippen LogP) is -0.727. The molecule has 5 aliphatic rings. The van der Waals surface area contributed by atoms with Crippen molar-refractivity contribution in [2.24, 2.45) is 17.8 Å². The van der Waals surface area contributed by atoms with E-state index in [1.807, 2.05) is 0 Å². The van der Waals surface area contributed by atoms with Gasteiger partial charge in [-0.15, -0.1) is 23.4 Å². The Balaban J connectivity index is 1.17. The largest absolute Gasteiger partial charge is 0.380 e. The summed E-state index contributed by atoms with van der Waals surface area (Å²) in [6.45, 7) is 4.41. The summed E-state index contributed by atoms with van der Waals surface area (Å²) in [6.07, 6.45) is -1.59. The summed E-state index contributed by atoms with van der Waals surface area (Å²) in [6, 6.07) is -2.10. The number of fused-ring (bicyclic) bond motifs is 1. The van der Waals surface area contributed by atoms with E-state index in [4.69, 9.17) is 21.1 Å². The number of methoxy groups -OCH3 is 2. The van der Waals surface area contributed by atoms with Gasteiger partial charge in [-0.3, -0.25) is 25.5 Å². The van der Waals surface area contributed by atoms with Crippen LogP contribution in [-0.2, 0) is 19.1 Å². The minimum atomic E-state index is -2.69. The van der Waals surface area contributed by atoms with Gasteiger partial charge in [0, 0.05) is 64.3 Å². The van der Waals surface area contributed by atoms with E-state index in [2.05, 4.69) is 38.8 Å². The Hall–Kier alpha value is -0.840. The van der Waals surface area contributed by atoms with Gasteiger partial charge in [0.1, 0.15) is 17.8 Å². The van der Waals surface area contributed by atoms with Crippen LogP contribution in [-0.4, -0.2) is 123 Å². The van der Waals surface area contributed by atoms with E-state index in [1.54, 1.807) is 23.8 Å².